The Morgan fingerprint density at radius 1 is 1.25 bits per heavy atom. The van der Waals surface area contributed by atoms with Gasteiger partial charge in [-0.15, -0.1) is 0 Å². The van der Waals surface area contributed by atoms with E-state index in [0.29, 0.717) is 5.56 Å². The second kappa shape index (κ2) is 4.74. The Balaban J connectivity index is 3.03. The Morgan fingerprint density at radius 2 is 1.75 bits per heavy atom. The fourth-order valence-corrected chi connectivity index (χ4v) is 1.60. The summed E-state index contributed by atoms with van der Waals surface area (Å²) >= 11 is 0. The van der Waals surface area contributed by atoms with Crippen LogP contribution in [-0.4, -0.2) is 10.9 Å². The number of non-ortho nitro benzene ring substituents is 1. The van der Waals surface area contributed by atoms with Gasteiger partial charge in [0.2, 0.25) is 0 Å². The Kier molecular flexibility index (Phi) is 3.60. The number of hydrogen-bond donors (Lipinski definition) is 0. The molecule has 16 heavy (non-hydrogen) atoms. The van der Waals surface area contributed by atoms with Gasteiger partial charge in [-0.2, -0.15) is 0 Å². The van der Waals surface area contributed by atoms with E-state index in [1.54, 1.807) is 13.8 Å². The largest absolute Gasteiger partial charge is 0.549 e. The highest BCUT2D eigenvalue weighted by atomic mass is 16.6. The van der Waals surface area contributed by atoms with E-state index in [1.165, 1.54) is 24.3 Å². The summed E-state index contributed by atoms with van der Waals surface area (Å²) in [6.07, 6.45) is 0. The molecule has 1 unspecified atom stereocenters. The number of carbonyl (C=O) groups excluding carboxylic acids is 1. The van der Waals surface area contributed by atoms with Crippen LogP contribution in [0, 0.1) is 16.0 Å². The normalized spacial score (nSPS) is 12.4. The first-order valence-corrected chi connectivity index (χ1v) is 4.88. The second-order valence-electron chi connectivity index (χ2n) is 3.89. The molecule has 86 valence electrons. The molecular weight excluding hydrogens is 210 g/mol. The van der Waals surface area contributed by atoms with Crippen LogP contribution >= 0.6 is 0 Å². The summed E-state index contributed by atoms with van der Waals surface area (Å²) in [4.78, 5) is 20.8. The molecule has 0 spiro atoms. The summed E-state index contributed by atoms with van der Waals surface area (Å²) in [5.41, 5.74) is 0.477. The Hall–Kier alpha value is -1.91. The SMILES string of the molecule is CC(C)C(C(=O)[O-])c1ccc([N+](=O)[O-])cc1. The third-order valence-corrected chi connectivity index (χ3v) is 2.38. The van der Waals surface area contributed by atoms with Crippen molar-refractivity contribution in [2.75, 3.05) is 0 Å². The lowest BCUT2D eigenvalue weighted by atomic mass is 9.88. The Morgan fingerprint density at radius 3 is 2.06 bits per heavy atom. The van der Waals surface area contributed by atoms with Crippen molar-refractivity contribution < 1.29 is 14.8 Å². The van der Waals surface area contributed by atoms with Crippen molar-refractivity contribution in [2.45, 2.75) is 19.8 Å². The number of nitro groups is 1. The third kappa shape index (κ3) is 2.56. The molecule has 0 aliphatic carbocycles. The molecule has 0 aliphatic heterocycles. The molecule has 0 heterocycles. The molecule has 1 aromatic carbocycles. The third-order valence-electron chi connectivity index (χ3n) is 2.38. The van der Waals surface area contributed by atoms with Crippen molar-refractivity contribution in [1.82, 2.24) is 0 Å². The van der Waals surface area contributed by atoms with Crippen LogP contribution in [0.2, 0.25) is 0 Å². The molecular formula is C11H12NO4-. The first-order valence-electron chi connectivity index (χ1n) is 4.88. The maximum Gasteiger partial charge on any atom is 0.269 e. The zero-order chi connectivity index (χ0) is 12.3. The quantitative estimate of drug-likeness (QED) is 0.563. The van der Waals surface area contributed by atoms with Crippen LogP contribution in [0.5, 0.6) is 0 Å². The standard InChI is InChI=1S/C11H13NO4/c1-7(2)10(11(13)14)8-3-5-9(6-4-8)12(15)16/h3-7,10H,1-2H3,(H,13,14)/p-1. The summed E-state index contributed by atoms with van der Waals surface area (Å²) < 4.78 is 0. The summed E-state index contributed by atoms with van der Waals surface area (Å²) in [5, 5.41) is 21.3. The molecule has 0 N–H and O–H groups in total. The van der Waals surface area contributed by atoms with Crippen molar-refractivity contribution in [3.63, 3.8) is 0 Å². The smallest absolute Gasteiger partial charge is 0.269 e. The summed E-state index contributed by atoms with van der Waals surface area (Å²) in [5.74, 6) is -2.02. The lowest BCUT2D eigenvalue weighted by molar-refractivity contribution is -0.384. The number of nitro benzene ring substituents is 1. The Labute approximate surface area is 92.9 Å². The molecule has 0 fully saturated rings. The van der Waals surface area contributed by atoms with Gasteiger partial charge in [0.15, 0.2) is 0 Å². The van der Waals surface area contributed by atoms with Crippen molar-refractivity contribution in [3.05, 3.63) is 39.9 Å². The highest BCUT2D eigenvalue weighted by Gasteiger charge is 2.17. The first-order chi connectivity index (χ1) is 7.43. The van der Waals surface area contributed by atoms with Crippen LogP contribution in [0.1, 0.15) is 25.3 Å². The van der Waals surface area contributed by atoms with Crippen LogP contribution < -0.4 is 5.11 Å². The van der Waals surface area contributed by atoms with E-state index in [4.69, 9.17) is 0 Å². The van der Waals surface area contributed by atoms with Gasteiger partial charge in [0.25, 0.3) is 5.69 Å². The number of rotatable bonds is 4. The van der Waals surface area contributed by atoms with Crippen LogP contribution in [0.25, 0.3) is 0 Å². The lowest BCUT2D eigenvalue weighted by Crippen LogP contribution is -2.32. The number of hydrogen-bond acceptors (Lipinski definition) is 4. The van der Waals surface area contributed by atoms with Crippen molar-refractivity contribution >= 4 is 11.7 Å². The average molecular weight is 222 g/mol. The zero-order valence-corrected chi connectivity index (χ0v) is 9.04. The highest BCUT2D eigenvalue weighted by Crippen LogP contribution is 2.25. The number of aliphatic carboxylic acids is 1. The number of nitrogens with zero attached hydrogens (tertiary/aromatic N) is 1. The molecule has 5 nitrogen and oxygen atoms in total. The molecule has 1 aromatic rings. The summed E-state index contributed by atoms with van der Waals surface area (Å²) in [6, 6.07) is 5.51. The maximum atomic E-state index is 10.9. The minimum absolute atomic E-state index is 0.0513. The van der Waals surface area contributed by atoms with Gasteiger partial charge in [-0.1, -0.05) is 26.0 Å². The van der Waals surface area contributed by atoms with E-state index >= 15 is 0 Å². The van der Waals surface area contributed by atoms with Gasteiger partial charge in [-0.3, -0.25) is 10.1 Å². The fraction of sp³-hybridized carbons (Fsp3) is 0.364. The van der Waals surface area contributed by atoms with Gasteiger partial charge in [-0.05, 0) is 11.5 Å². The van der Waals surface area contributed by atoms with Gasteiger partial charge in [0.05, 0.1) is 4.92 Å². The van der Waals surface area contributed by atoms with Crippen LogP contribution in [-0.2, 0) is 4.79 Å². The molecule has 0 amide bonds. The predicted molar refractivity (Wildman–Crippen MR) is 55.7 cm³/mol. The van der Waals surface area contributed by atoms with E-state index in [0.717, 1.165) is 0 Å². The van der Waals surface area contributed by atoms with Crippen LogP contribution in [0.4, 0.5) is 5.69 Å². The molecule has 0 saturated heterocycles. The molecule has 0 saturated carbocycles. The fourth-order valence-electron chi connectivity index (χ4n) is 1.60. The number of carboxylic acid groups (broad SMARTS) is 1. The summed E-state index contributed by atoms with van der Waals surface area (Å²) in [6.45, 7) is 3.53. The predicted octanol–water partition coefficient (Wildman–Crippen LogP) is 1.08. The van der Waals surface area contributed by atoms with E-state index in [2.05, 4.69) is 0 Å². The zero-order valence-electron chi connectivity index (χ0n) is 9.04. The molecule has 0 bridgehead atoms. The van der Waals surface area contributed by atoms with Crippen molar-refractivity contribution in [3.8, 4) is 0 Å². The van der Waals surface area contributed by atoms with Gasteiger partial charge >= 0.3 is 0 Å². The van der Waals surface area contributed by atoms with Gasteiger partial charge < -0.3 is 9.90 Å². The molecule has 0 aliphatic rings. The Bertz CT molecular complexity index is 397. The topological polar surface area (TPSA) is 83.3 Å². The van der Waals surface area contributed by atoms with E-state index in [-0.39, 0.29) is 11.6 Å². The van der Waals surface area contributed by atoms with Crippen LogP contribution in [0.15, 0.2) is 24.3 Å². The molecule has 1 atom stereocenters. The molecule has 5 heteroatoms. The average Bonchev–Trinajstić information content (AvgIpc) is 2.17. The monoisotopic (exact) mass is 222 g/mol. The van der Waals surface area contributed by atoms with Gasteiger partial charge in [0, 0.05) is 24.0 Å². The van der Waals surface area contributed by atoms with Crippen LogP contribution in [0.3, 0.4) is 0 Å². The lowest BCUT2D eigenvalue weighted by Gasteiger charge is -2.22. The van der Waals surface area contributed by atoms with E-state index in [9.17, 15) is 20.0 Å². The number of carbonyl (C=O) groups is 1. The second-order valence-corrected chi connectivity index (χ2v) is 3.89. The van der Waals surface area contributed by atoms with Crippen molar-refractivity contribution in [1.29, 1.82) is 0 Å². The first kappa shape index (κ1) is 12.2. The minimum atomic E-state index is -1.16. The van der Waals surface area contributed by atoms with Gasteiger partial charge in [0.1, 0.15) is 0 Å². The van der Waals surface area contributed by atoms with Crippen molar-refractivity contribution in [2.24, 2.45) is 5.92 Å². The molecule has 1 rings (SSSR count). The van der Waals surface area contributed by atoms with Gasteiger partial charge in [-0.25, -0.2) is 0 Å². The number of benzene rings is 1. The number of carboxylic acids is 1. The summed E-state index contributed by atoms with van der Waals surface area (Å²) in [7, 11) is 0. The molecule has 0 radical (unpaired) electrons. The van der Waals surface area contributed by atoms with E-state index < -0.39 is 16.8 Å². The maximum absolute atomic E-state index is 10.9. The molecule has 0 aromatic heterocycles. The van der Waals surface area contributed by atoms with E-state index in [1.807, 2.05) is 0 Å². The minimum Gasteiger partial charge on any atom is -0.549 e. The highest BCUT2D eigenvalue weighted by molar-refractivity contribution is 5.74.